The molecule has 2 aromatic carbocycles. The molecule has 0 radical (unpaired) electrons. The summed E-state index contributed by atoms with van der Waals surface area (Å²) in [6.07, 6.45) is 1.53. The normalized spacial score (nSPS) is 14.9. The summed E-state index contributed by atoms with van der Waals surface area (Å²) in [5.74, 6) is 0.0983. The van der Waals surface area contributed by atoms with Gasteiger partial charge in [0.25, 0.3) is 5.91 Å². The molecule has 0 unspecified atom stereocenters. The zero-order chi connectivity index (χ0) is 19.4. The van der Waals surface area contributed by atoms with Gasteiger partial charge in [0.05, 0.1) is 6.61 Å². The van der Waals surface area contributed by atoms with Crippen LogP contribution < -0.4 is 20.1 Å². The van der Waals surface area contributed by atoms with E-state index in [2.05, 4.69) is 26.6 Å². The van der Waals surface area contributed by atoms with Crippen LogP contribution >= 0.6 is 15.9 Å². The van der Waals surface area contributed by atoms with E-state index in [1.165, 1.54) is 18.2 Å². The summed E-state index contributed by atoms with van der Waals surface area (Å²) in [6, 6.07) is 8.97. The number of nitrogens with one attached hydrogen (secondary N) is 2. The molecule has 1 aliphatic rings. The Hall–Kier alpha value is -2.87. The Bertz CT molecular complexity index is 930. The molecular weight excluding hydrogens is 419 g/mol. The van der Waals surface area contributed by atoms with Crippen molar-refractivity contribution in [3.63, 3.8) is 0 Å². The zero-order valence-corrected chi connectivity index (χ0v) is 15.9. The molecule has 8 heteroatoms. The molecule has 1 aliphatic heterocycles. The molecule has 3 amide bonds. The van der Waals surface area contributed by atoms with Crippen molar-refractivity contribution in [1.29, 1.82) is 0 Å². The maximum Gasteiger partial charge on any atom is 0.326 e. The molecule has 2 N–H and O–H groups in total. The van der Waals surface area contributed by atoms with Crippen molar-refractivity contribution < 1.29 is 23.5 Å². The lowest BCUT2D eigenvalue weighted by Gasteiger charge is -2.14. The van der Waals surface area contributed by atoms with Crippen molar-refractivity contribution in [2.24, 2.45) is 0 Å². The van der Waals surface area contributed by atoms with Crippen molar-refractivity contribution in [2.45, 2.75) is 13.5 Å². The van der Waals surface area contributed by atoms with Gasteiger partial charge in [0.1, 0.15) is 18.1 Å². The lowest BCUT2D eigenvalue weighted by molar-refractivity contribution is -0.115. The first kappa shape index (κ1) is 18.9. The Morgan fingerprint density at radius 3 is 2.56 bits per heavy atom. The predicted octanol–water partition coefficient (Wildman–Crippen LogP) is 3.75. The van der Waals surface area contributed by atoms with E-state index in [9.17, 15) is 14.0 Å². The quantitative estimate of drug-likeness (QED) is 0.536. The van der Waals surface area contributed by atoms with Gasteiger partial charge in [-0.25, -0.2) is 9.18 Å². The van der Waals surface area contributed by atoms with E-state index < -0.39 is 11.9 Å². The number of halogens is 2. The van der Waals surface area contributed by atoms with Gasteiger partial charge in [0.15, 0.2) is 11.5 Å². The number of carbonyl (C=O) groups is 2. The number of ether oxygens (including phenoxy) is 2. The van der Waals surface area contributed by atoms with Crippen molar-refractivity contribution in [1.82, 2.24) is 10.6 Å². The van der Waals surface area contributed by atoms with Gasteiger partial charge in [0.2, 0.25) is 0 Å². The predicted molar refractivity (Wildman–Crippen MR) is 101 cm³/mol. The second-order valence-corrected chi connectivity index (χ2v) is 6.49. The number of amides is 3. The topological polar surface area (TPSA) is 76.7 Å². The minimum Gasteiger partial charge on any atom is -0.490 e. The molecular formula is C19H16BrFN2O4. The van der Waals surface area contributed by atoms with Crippen LogP contribution in [0.25, 0.3) is 6.08 Å². The van der Waals surface area contributed by atoms with Crippen LogP contribution in [0.15, 0.2) is 46.6 Å². The SMILES string of the molecule is CCOc1cc(/C=C2/NC(=O)NC2=O)c(Br)cc1OCc1cccc(F)c1. The van der Waals surface area contributed by atoms with Gasteiger partial charge in [-0.15, -0.1) is 0 Å². The highest BCUT2D eigenvalue weighted by molar-refractivity contribution is 9.10. The fourth-order valence-corrected chi connectivity index (χ4v) is 2.91. The van der Waals surface area contributed by atoms with Crippen LogP contribution in [0.1, 0.15) is 18.1 Å². The maximum absolute atomic E-state index is 13.3. The summed E-state index contributed by atoms with van der Waals surface area (Å²) in [5.41, 5.74) is 1.45. The van der Waals surface area contributed by atoms with Gasteiger partial charge in [-0.3, -0.25) is 10.1 Å². The molecule has 0 saturated carbocycles. The molecule has 1 heterocycles. The number of carbonyl (C=O) groups excluding carboxylic acids is 2. The summed E-state index contributed by atoms with van der Waals surface area (Å²) in [5, 5.41) is 4.57. The maximum atomic E-state index is 13.3. The molecule has 27 heavy (non-hydrogen) atoms. The lowest BCUT2D eigenvalue weighted by atomic mass is 10.1. The first-order chi connectivity index (χ1) is 13.0. The van der Waals surface area contributed by atoms with E-state index in [4.69, 9.17) is 9.47 Å². The standard InChI is InChI=1S/C19H16BrFN2O4/c1-2-26-16-8-12(7-15-18(24)23-19(25)22-15)14(20)9-17(16)27-10-11-4-3-5-13(21)6-11/h3-9H,2,10H2,1H3,(H2,22,23,24,25)/b15-7+. The van der Waals surface area contributed by atoms with Gasteiger partial charge in [-0.1, -0.05) is 28.1 Å². The van der Waals surface area contributed by atoms with Crippen LogP contribution in [0.3, 0.4) is 0 Å². The smallest absolute Gasteiger partial charge is 0.326 e. The van der Waals surface area contributed by atoms with Crippen molar-refractivity contribution >= 4 is 33.9 Å². The summed E-state index contributed by atoms with van der Waals surface area (Å²) < 4.78 is 25.4. The minimum absolute atomic E-state index is 0.136. The molecule has 2 aromatic rings. The van der Waals surface area contributed by atoms with Crippen LogP contribution in [0.4, 0.5) is 9.18 Å². The summed E-state index contributed by atoms with van der Waals surface area (Å²) in [7, 11) is 0. The molecule has 140 valence electrons. The Kier molecular flexibility index (Phi) is 5.75. The van der Waals surface area contributed by atoms with Gasteiger partial charge >= 0.3 is 6.03 Å². The van der Waals surface area contributed by atoms with Gasteiger partial charge < -0.3 is 14.8 Å². The highest BCUT2D eigenvalue weighted by Gasteiger charge is 2.23. The third kappa shape index (κ3) is 4.65. The van der Waals surface area contributed by atoms with E-state index in [0.717, 1.165) is 0 Å². The minimum atomic E-state index is -0.567. The van der Waals surface area contributed by atoms with Gasteiger partial charge in [-0.05, 0) is 48.4 Å². The van der Waals surface area contributed by atoms with Crippen LogP contribution in [0.2, 0.25) is 0 Å². The molecule has 0 aliphatic carbocycles. The first-order valence-corrected chi connectivity index (χ1v) is 8.93. The largest absolute Gasteiger partial charge is 0.490 e. The van der Waals surface area contributed by atoms with Crippen molar-refractivity contribution in [2.75, 3.05) is 6.61 Å². The van der Waals surface area contributed by atoms with Crippen molar-refractivity contribution in [3.05, 3.63) is 63.5 Å². The Labute approximate surface area is 163 Å². The Balaban J connectivity index is 1.86. The Morgan fingerprint density at radius 2 is 1.89 bits per heavy atom. The summed E-state index contributed by atoms with van der Waals surface area (Å²) in [6.45, 7) is 2.41. The average Bonchev–Trinajstić information content (AvgIpc) is 2.94. The van der Waals surface area contributed by atoms with E-state index in [1.54, 1.807) is 24.3 Å². The molecule has 0 aromatic heterocycles. The summed E-state index contributed by atoms with van der Waals surface area (Å²) in [4.78, 5) is 22.9. The van der Waals surface area contributed by atoms with E-state index in [0.29, 0.717) is 33.7 Å². The average molecular weight is 435 g/mol. The first-order valence-electron chi connectivity index (χ1n) is 8.14. The van der Waals surface area contributed by atoms with E-state index in [-0.39, 0.29) is 18.1 Å². The monoisotopic (exact) mass is 434 g/mol. The van der Waals surface area contributed by atoms with Crippen LogP contribution in [-0.2, 0) is 11.4 Å². The van der Waals surface area contributed by atoms with Crippen LogP contribution in [0.5, 0.6) is 11.5 Å². The molecule has 0 bridgehead atoms. The molecule has 6 nitrogen and oxygen atoms in total. The van der Waals surface area contributed by atoms with Gasteiger partial charge in [0, 0.05) is 4.47 Å². The number of hydrogen-bond acceptors (Lipinski definition) is 4. The number of urea groups is 1. The number of benzene rings is 2. The third-order valence-corrected chi connectivity index (χ3v) is 4.35. The summed E-state index contributed by atoms with van der Waals surface area (Å²) >= 11 is 3.43. The fraction of sp³-hybridized carbons (Fsp3) is 0.158. The molecule has 0 spiro atoms. The number of imide groups is 1. The van der Waals surface area contributed by atoms with E-state index in [1.807, 2.05) is 6.92 Å². The van der Waals surface area contributed by atoms with Gasteiger partial charge in [-0.2, -0.15) is 0 Å². The number of hydrogen-bond donors (Lipinski definition) is 2. The van der Waals surface area contributed by atoms with Crippen molar-refractivity contribution in [3.8, 4) is 11.5 Å². The van der Waals surface area contributed by atoms with Crippen LogP contribution in [0, 0.1) is 5.82 Å². The molecule has 0 atom stereocenters. The lowest BCUT2D eigenvalue weighted by Crippen LogP contribution is -2.22. The van der Waals surface area contributed by atoms with Crippen LogP contribution in [-0.4, -0.2) is 18.5 Å². The molecule has 3 rings (SSSR count). The zero-order valence-electron chi connectivity index (χ0n) is 14.3. The Morgan fingerprint density at radius 1 is 1.11 bits per heavy atom. The molecule has 1 saturated heterocycles. The second kappa shape index (κ2) is 8.22. The second-order valence-electron chi connectivity index (χ2n) is 5.64. The van der Waals surface area contributed by atoms with E-state index >= 15 is 0 Å². The molecule has 1 fully saturated rings. The third-order valence-electron chi connectivity index (χ3n) is 3.67. The number of rotatable bonds is 6. The fourth-order valence-electron chi connectivity index (χ4n) is 2.47. The highest BCUT2D eigenvalue weighted by Crippen LogP contribution is 2.35. The highest BCUT2D eigenvalue weighted by atomic mass is 79.9.